The lowest BCUT2D eigenvalue weighted by Crippen LogP contribution is -2.32. The Morgan fingerprint density at radius 2 is 0.750 bits per heavy atom. The van der Waals surface area contributed by atoms with E-state index in [1.807, 2.05) is 72.4 Å². The standard InChI is InChI=1S/C52H33N3S/c1-3-15-36(16-4-1)49-53-50(37-17-5-2-6-18-37)55-51(54-49)39-20-13-19-38(33-39)34-29-31-35(32-30-34)40-23-14-27-46-48(40)56-47-28-12-11-26-45(47)52(46)43-24-9-7-21-41(43)42-22-8-10-25-44(42)52/h1-33H. The Morgan fingerprint density at radius 1 is 0.304 bits per heavy atom. The summed E-state index contributed by atoms with van der Waals surface area (Å²) in [5.74, 6) is 1.96. The minimum atomic E-state index is -0.392. The van der Waals surface area contributed by atoms with E-state index in [1.165, 1.54) is 54.3 Å². The highest BCUT2D eigenvalue weighted by molar-refractivity contribution is 7.99. The fraction of sp³-hybridized carbons (Fsp3) is 0.0192. The molecule has 0 N–H and O–H groups in total. The molecule has 1 aromatic heterocycles. The monoisotopic (exact) mass is 731 g/mol. The minimum absolute atomic E-state index is 0.392. The van der Waals surface area contributed by atoms with Crippen LogP contribution in [0.4, 0.5) is 0 Å². The molecule has 0 radical (unpaired) electrons. The zero-order valence-electron chi connectivity index (χ0n) is 30.3. The molecular formula is C52H33N3S. The van der Waals surface area contributed by atoms with E-state index >= 15 is 0 Å². The number of hydrogen-bond acceptors (Lipinski definition) is 4. The Labute approximate surface area is 330 Å². The van der Waals surface area contributed by atoms with Gasteiger partial charge in [0.1, 0.15) is 0 Å². The van der Waals surface area contributed by atoms with E-state index in [-0.39, 0.29) is 0 Å². The fourth-order valence-corrected chi connectivity index (χ4v) is 10.0. The van der Waals surface area contributed by atoms with Crippen molar-refractivity contribution in [2.75, 3.05) is 0 Å². The first kappa shape index (κ1) is 32.5. The topological polar surface area (TPSA) is 38.7 Å². The number of rotatable bonds is 5. The molecule has 8 aromatic carbocycles. The summed E-state index contributed by atoms with van der Waals surface area (Å²) in [4.78, 5) is 17.5. The van der Waals surface area contributed by atoms with E-state index in [4.69, 9.17) is 15.0 Å². The number of aromatic nitrogens is 3. The van der Waals surface area contributed by atoms with Crippen molar-refractivity contribution in [3.63, 3.8) is 0 Å². The average molecular weight is 732 g/mol. The van der Waals surface area contributed by atoms with Crippen LogP contribution in [0.2, 0.25) is 0 Å². The van der Waals surface area contributed by atoms with Crippen LogP contribution >= 0.6 is 11.8 Å². The number of benzene rings is 8. The minimum Gasteiger partial charge on any atom is -0.208 e. The van der Waals surface area contributed by atoms with Gasteiger partial charge in [0.25, 0.3) is 0 Å². The van der Waals surface area contributed by atoms with Crippen LogP contribution < -0.4 is 0 Å². The zero-order valence-corrected chi connectivity index (χ0v) is 31.1. The van der Waals surface area contributed by atoms with E-state index in [9.17, 15) is 0 Å². The van der Waals surface area contributed by atoms with Gasteiger partial charge < -0.3 is 0 Å². The Bertz CT molecular complexity index is 2840. The van der Waals surface area contributed by atoms with Crippen molar-refractivity contribution in [3.05, 3.63) is 222 Å². The molecule has 0 fully saturated rings. The molecule has 1 aliphatic carbocycles. The molecule has 4 heteroatoms. The summed E-state index contributed by atoms with van der Waals surface area (Å²) in [7, 11) is 0. The molecule has 0 unspecified atom stereocenters. The van der Waals surface area contributed by atoms with Gasteiger partial charge in [-0.25, -0.2) is 15.0 Å². The Hall–Kier alpha value is -6.88. The van der Waals surface area contributed by atoms with Gasteiger partial charge in [-0.1, -0.05) is 200 Å². The quantitative estimate of drug-likeness (QED) is 0.177. The first-order valence-electron chi connectivity index (χ1n) is 18.9. The lowest BCUT2D eigenvalue weighted by Gasteiger charge is -2.40. The first-order chi connectivity index (χ1) is 27.8. The van der Waals surface area contributed by atoms with Crippen LogP contribution in [0.3, 0.4) is 0 Å². The van der Waals surface area contributed by atoms with Gasteiger partial charge in [0, 0.05) is 26.5 Å². The number of nitrogens with zero attached hydrogens (tertiary/aromatic N) is 3. The molecule has 1 aliphatic heterocycles. The van der Waals surface area contributed by atoms with E-state index in [1.54, 1.807) is 0 Å². The van der Waals surface area contributed by atoms with Crippen LogP contribution in [0.1, 0.15) is 22.3 Å². The predicted octanol–water partition coefficient (Wildman–Crippen LogP) is 13.0. The van der Waals surface area contributed by atoms with Crippen molar-refractivity contribution in [2.45, 2.75) is 15.2 Å². The van der Waals surface area contributed by atoms with Crippen molar-refractivity contribution < 1.29 is 0 Å². The summed E-state index contributed by atoms with van der Waals surface area (Å²) in [5.41, 5.74) is 15.2. The Kier molecular flexibility index (Phi) is 7.64. The maximum absolute atomic E-state index is 4.98. The van der Waals surface area contributed by atoms with Gasteiger partial charge in [-0.2, -0.15) is 0 Å². The molecule has 1 spiro atoms. The zero-order chi connectivity index (χ0) is 37.1. The average Bonchev–Trinajstić information content (AvgIpc) is 3.57. The summed E-state index contributed by atoms with van der Waals surface area (Å²) in [6.45, 7) is 0. The van der Waals surface area contributed by atoms with Gasteiger partial charge in [0.15, 0.2) is 17.5 Å². The molecule has 0 saturated heterocycles. The van der Waals surface area contributed by atoms with Gasteiger partial charge >= 0.3 is 0 Å². The molecule has 0 bridgehead atoms. The van der Waals surface area contributed by atoms with Crippen LogP contribution in [-0.2, 0) is 5.41 Å². The van der Waals surface area contributed by atoms with Gasteiger partial charge in [0.2, 0.25) is 0 Å². The van der Waals surface area contributed by atoms with E-state index < -0.39 is 5.41 Å². The maximum Gasteiger partial charge on any atom is 0.164 e. The second-order valence-corrected chi connectivity index (χ2v) is 15.4. The van der Waals surface area contributed by atoms with Crippen LogP contribution in [0, 0.1) is 0 Å². The number of hydrogen-bond donors (Lipinski definition) is 0. The normalized spacial score (nSPS) is 13.1. The van der Waals surface area contributed by atoms with Gasteiger partial charge in [-0.3, -0.25) is 0 Å². The highest BCUT2D eigenvalue weighted by Crippen LogP contribution is 2.63. The third kappa shape index (κ3) is 5.10. The molecule has 2 aliphatic rings. The highest BCUT2D eigenvalue weighted by atomic mass is 32.2. The highest BCUT2D eigenvalue weighted by Gasteiger charge is 2.50. The second kappa shape index (κ2) is 13.2. The SMILES string of the molecule is c1ccc(-c2nc(-c3ccccc3)nc(-c3cccc(-c4ccc(-c5cccc6c5Sc5ccccc5C65c6ccccc6-c6ccccc65)cc4)c3)n2)cc1. The van der Waals surface area contributed by atoms with Gasteiger partial charge in [0.05, 0.1) is 5.41 Å². The smallest absolute Gasteiger partial charge is 0.164 e. The predicted molar refractivity (Wildman–Crippen MR) is 228 cm³/mol. The van der Waals surface area contributed by atoms with Crippen LogP contribution in [-0.4, -0.2) is 15.0 Å². The second-order valence-electron chi connectivity index (χ2n) is 14.3. The lowest BCUT2D eigenvalue weighted by atomic mass is 9.67. The molecule has 11 rings (SSSR count). The molecule has 9 aromatic rings. The van der Waals surface area contributed by atoms with Crippen LogP contribution in [0.25, 0.3) is 67.5 Å². The lowest BCUT2D eigenvalue weighted by molar-refractivity contribution is 0.723. The van der Waals surface area contributed by atoms with Crippen molar-refractivity contribution in [2.24, 2.45) is 0 Å². The maximum atomic E-state index is 4.98. The van der Waals surface area contributed by atoms with Gasteiger partial charge in [-0.15, -0.1) is 0 Å². The third-order valence-corrected chi connectivity index (χ3v) is 12.4. The Balaban J connectivity index is 1.000. The summed E-state index contributed by atoms with van der Waals surface area (Å²) >= 11 is 1.89. The summed E-state index contributed by atoms with van der Waals surface area (Å²) in [6.07, 6.45) is 0. The number of fused-ring (bicyclic) bond motifs is 9. The molecule has 0 saturated carbocycles. The van der Waals surface area contributed by atoms with E-state index in [2.05, 4.69) is 140 Å². The van der Waals surface area contributed by atoms with Crippen LogP contribution in [0.15, 0.2) is 210 Å². The molecule has 0 atom stereocenters. The summed E-state index contributed by atoms with van der Waals surface area (Å²) in [6, 6.07) is 71.6. The molecule has 262 valence electrons. The van der Waals surface area contributed by atoms with Crippen molar-refractivity contribution in [1.82, 2.24) is 15.0 Å². The van der Waals surface area contributed by atoms with E-state index in [0.29, 0.717) is 17.5 Å². The molecular weight excluding hydrogens is 699 g/mol. The van der Waals surface area contributed by atoms with Crippen molar-refractivity contribution in [3.8, 4) is 67.5 Å². The summed E-state index contributed by atoms with van der Waals surface area (Å²) < 4.78 is 0. The fourth-order valence-electron chi connectivity index (χ4n) is 8.72. The molecule has 56 heavy (non-hydrogen) atoms. The largest absolute Gasteiger partial charge is 0.208 e. The van der Waals surface area contributed by atoms with Crippen LogP contribution in [0.5, 0.6) is 0 Å². The van der Waals surface area contributed by atoms with E-state index in [0.717, 1.165) is 27.8 Å². The molecule has 0 amide bonds. The van der Waals surface area contributed by atoms with Crippen molar-refractivity contribution >= 4 is 11.8 Å². The third-order valence-electron chi connectivity index (χ3n) is 11.2. The summed E-state index contributed by atoms with van der Waals surface area (Å²) in [5, 5.41) is 0. The van der Waals surface area contributed by atoms with Gasteiger partial charge in [-0.05, 0) is 67.8 Å². The Morgan fingerprint density at radius 3 is 1.39 bits per heavy atom. The first-order valence-corrected chi connectivity index (χ1v) is 19.8. The molecule has 3 nitrogen and oxygen atoms in total. The molecule has 2 heterocycles. The van der Waals surface area contributed by atoms with Crippen molar-refractivity contribution in [1.29, 1.82) is 0 Å².